The first-order valence-electron chi connectivity index (χ1n) is 6.48. The van der Waals surface area contributed by atoms with Gasteiger partial charge in [0.2, 0.25) is 0 Å². The summed E-state index contributed by atoms with van der Waals surface area (Å²) in [4.78, 5) is 13.5. The molecule has 0 spiro atoms. The van der Waals surface area contributed by atoms with Crippen LogP contribution < -0.4 is 0 Å². The SMILES string of the molecule is CN(CC1CC(O)C1)C(=O)c1ccc(Br)cc1C(F)(F)F. The highest BCUT2D eigenvalue weighted by Gasteiger charge is 2.37. The van der Waals surface area contributed by atoms with E-state index >= 15 is 0 Å². The summed E-state index contributed by atoms with van der Waals surface area (Å²) in [7, 11) is 1.48. The van der Waals surface area contributed by atoms with Crippen LogP contribution in [0.25, 0.3) is 0 Å². The normalized spacial score (nSPS) is 21.8. The molecule has 2 rings (SSSR count). The molecular weight excluding hydrogens is 351 g/mol. The van der Waals surface area contributed by atoms with E-state index in [9.17, 15) is 23.1 Å². The Kier molecular flexibility index (Phi) is 4.63. The molecule has 1 aliphatic carbocycles. The van der Waals surface area contributed by atoms with Crippen molar-refractivity contribution in [3.8, 4) is 0 Å². The number of halogens is 4. The van der Waals surface area contributed by atoms with Gasteiger partial charge < -0.3 is 10.0 Å². The van der Waals surface area contributed by atoms with Crippen LogP contribution in [0.15, 0.2) is 22.7 Å². The average Bonchev–Trinajstić information content (AvgIpc) is 2.35. The number of carbonyl (C=O) groups is 1. The topological polar surface area (TPSA) is 40.5 Å². The van der Waals surface area contributed by atoms with Gasteiger partial charge in [-0.05, 0) is 37.0 Å². The molecular formula is C14H15BrF3NO2. The van der Waals surface area contributed by atoms with Crippen molar-refractivity contribution in [2.24, 2.45) is 5.92 Å². The minimum atomic E-state index is -4.58. The summed E-state index contributed by atoms with van der Waals surface area (Å²) < 4.78 is 39.3. The third kappa shape index (κ3) is 3.77. The predicted octanol–water partition coefficient (Wildman–Crippen LogP) is 3.31. The second-order valence-corrected chi connectivity index (χ2v) is 6.28. The number of amides is 1. The van der Waals surface area contributed by atoms with Crippen molar-refractivity contribution in [3.05, 3.63) is 33.8 Å². The first-order chi connectivity index (χ1) is 9.68. The van der Waals surface area contributed by atoms with Gasteiger partial charge in [-0.3, -0.25) is 4.79 Å². The number of rotatable bonds is 3. The minimum Gasteiger partial charge on any atom is -0.393 e. The van der Waals surface area contributed by atoms with E-state index < -0.39 is 17.6 Å². The predicted molar refractivity (Wildman–Crippen MR) is 74.8 cm³/mol. The summed E-state index contributed by atoms with van der Waals surface area (Å²) in [6.07, 6.45) is -3.76. The minimum absolute atomic E-state index is 0.152. The van der Waals surface area contributed by atoms with Crippen LogP contribution in [0.1, 0.15) is 28.8 Å². The molecule has 7 heteroatoms. The highest BCUT2D eigenvalue weighted by atomic mass is 79.9. The molecule has 0 heterocycles. The van der Waals surface area contributed by atoms with E-state index in [-0.39, 0.29) is 22.1 Å². The van der Waals surface area contributed by atoms with E-state index in [0.29, 0.717) is 19.4 Å². The molecule has 0 aromatic heterocycles. The largest absolute Gasteiger partial charge is 0.417 e. The molecule has 1 aliphatic rings. The number of aliphatic hydroxyl groups is 1. The van der Waals surface area contributed by atoms with E-state index in [0.717, 1.165) is 6.07 Å². The number of hydrogen-bond donors (Lipinski definition) is 1. The van der Waals surface area contributed by atoms with Gasteiger partial charge in [0.05, 0.1) is 17.2 Å². The van der Waals surface area contributed by atoms with Gasteiger partial charge in [0.15, 0.2) is 0 Å². The molecule has 0 saturated heterocycles. The number of carbonyl (C=O) groups excluding carboxylic acids is 1. The van der Waals surface area contributed by atoms with Crippen molar-refractivity contribution in [3.63, 3.8) is 0 Å². The highest BCUT2D eigenvalue weighted by Crippen LogP contribution is 2.35. The van der Waals surface area contributed by atoms with Crippen molar-refractivity contribution >= 4 is 21.8 Å². The van der Waals surface area contributed by atoms with E-state index in [2.05, 4.69) is 15.9 Å². The first kappa shape index (κ1) is 16.3. The summed E-state index contributed by atoms with van der Waals surface area (Å²) in [5, 5.41) is 9.21. The molecule has 0 radical (unpaired) electrons. The van der Waals surface area contributed by atoms with Gasteiger partial charge in [-0.15, -0.1) is 0 Å². The molecule has 1 N–H and O–H groups in total. The lowest BCUT2D eigenvalue weighted by molar-refractivity contribution is -0.138. The van der Waals surface area contributed by atoms with Crippen LogP contribution in [0.5, 0.6) is 0 Å². The maximum atomic E-state index is 13.0. The first-order valence-corrected chi connectivity index (χ1v) is 7.28. The van der Waals surface area contributed by atoms with Crippen molar-refractivity contribution < 1.29 is 23.1 Å². The summed E-state index contributed by atoms with van der Waals surface area (Å²) in [6, 6.07) is 3.51. The smallest absolute Gasteiger partial charge is 0.393 e. The molecule has 1 amide bonds. The number of alkyl halides is 3. The fraction of sp³-hybridized carbons (Fsp3) is 0.500. The Labute approximate surface area is 128 Å². The number of benzene rings is 1. The molecule has 1 fully saturated rings. The monoisotopic (exact) mass is 365 g/mol. The molecule has 0 bridgehead atoms. The van der Waals surface area contributed by atoms with Crippen molar-refractivity contribution in [1.82, 2.24) is 4.90 Å². The van der Waals surface area contributed by atoms with Crippen LogP contribution in [0, 0.1) is 5.92 Å². The average molecular weight is 366 g/mol. The maximum Gasteiger partial charge on any atom is 0.417 e. The van der Waals surface area contributed by atoms with Crippen LogP contribution >= 0.6 is 15.9 Å². The Morgan fingerprint density at radius 3 is 2.57 bits per heavy atom. The third-order valence-electron chi connectivity index (χ3n) is 3.61. The van der Waals surface area contributed by atoms with E-state index in [1.54, 1.807) is 0 Å². The molecule has 3 nitrogen and oxygen atoms in total. The second kappa shape index (κ2) is 5.96. The molecule has 116 valence electrons. The van der Waals surface area contributed by atoms with Crippen molar-refractivity contribution in [2.75, 3.05) is 13.6 Å². The van der Waals surface area contributed by atoms with Crippen LogP contribution in [0.4, 0.5) is 13.2 Å². The van der Waals surface area contributed by atoms with Gasteiger partial charge in [0.25, 0.3) is 5.91 Å². The van der Waals surface area contributed by atoms with Crippen molar-refractivity contribution in [1.29, 1.82) is 0 Å². The van der Waals surface area contributed by atoms with Gasteiger partial charge in [-0.2, -0.15) is 13.2 Å². The van der Waals surface area contributed by atoms with Gasteiger partial charge in [0, 0.05) is 18.1 Å². The quantitative estimate of drug-likeness (QED) is 0.892. The fourth-order valence-corrected chi connectivity index (χ4v) is 2.82. The lowest BCUT2D eigenvalue weighted by Gasteiger charge is -2.34. The number of nitrogens with zero attached hydrogens (tertiary/aromatic N) is 1. The zero-order valence-corrected chi connectivity index (χ0v) is 12.9. The molecule has 1 saturated carbocycles. The molecule has 1 aromatic rings. The zero-order chi connectivity index (χ0) is 15.8. The highest BCUT2D eigenvalue weighted by molar-refractivity contribution is 9.10. The molecule has 21 heavy (non-hydrogen) atoms. The van der Waals surface area contributed by atoms with Gasteiger partial charge in [-0.25, -0.2) is 0 Å². The number of hydrogen-bond acceptors (Lipinski definition) is 2. The van der Waals surface area contributed by atoms with Crippen LogP contribution in [-0.2, 0) is 6.18 Å². The Hall–Kier alpha value is -1.08. The van der Waals surface area contributed by atoms with Crippen LogP contribution in [0.3, 0.4) is 0 Å². The zero-order valence-electron chi connectivity index (χ0n) is 11.3. The Morgan fingerprint density at radius 2 is 2.05 bits per heavy atom. The summed E-state index contributed by atoms with van der Waals surface area (Å²) in [5.74, 6) is -0.505. The van der Waals surface area contributed by atoms with Crippen LogP contribution in [-0.4, -0.2) is 35.6 Å². The fourth-order valence-electron chi connectivity index (χ4n) is 2.46. The van der Waals surface area contributed by atoms with Crippen LogP contribution in [0.2, 0.25) is 0 Å². The summed E-state index contributed by atoms with van der Waals surface area (Å²) in [5.41, 5.74) is -1.30. The summed E-state index contributed by atoms with van der Waals surface area (Å²) in [6.45, 7) is 0.350. The Balaban J connectivity index is 2.18. The molecule has 0 atom stereocenters. The summed E-state index contributed by atoms with van der Waals surface area (Å²) >= 11 is 2.99. The lowest BCUT2D eigenvalue weighted by Crippen LogP contribution is -2.40. The van der Waals surface area contributed by atoms with E-state index in [4.69, 9.17) is 0 Å². The van der Waals surface area contributed by atoms with Crippen molar-refractivity contribution in [2.45, 2.75) is 25.1 Å². The maximum absolute atomic E-state index is 13.0. The van der Waals surface area contributed by atoms with Gasteiger partial charge in [-0.1, -0.05) is 15.9 Å². The molecule has 0 unspecified atom stereocenters. The van der Waals surface area contributed by atoms with Gasteiger partial charge >= 0.3 is 6.18 Å². The standard InChI is InChI=1S/C14H15BrF3NO2/c1-19(7-8-4-10(20)5-8)13(21)11-3-2-9(15)6-12(11)14(16,17)18/h2-3,6,8,10,20H,4-5,7H2,1H3. The third-order valence-corrected chi connectivity index (χ3v) is 4.10. The number of aliphatic hydroxyl groups excluding tert-OH is 1. The second-order valence-electron chi connectivity index (χ2n) is 5.36. The molecule has 1 aromatic carbocycles. The Morgan fingerprint density at radius 1 is 1.43 bits per heavy atom. The lowest BCUT2D eigenvalue weighted by atomic mass is 9.82. The van der Waals surface area contributed by atoms with Gasteiger partial charge in [0.1, 0.15) is 0 Å². The van der Waals surface area contributed by atoms with E-state index in [1.165, 1.54) is 24.1 Å². The van der Waals surface area contributed by atoms with E-state index in [1.807, 2.05) is 0 Å². The Bertz CT molecular complexity index is 542. The molecule has 0 aliphatic heterocycles.